The predicted octanol–water partition coefficient (Wildman–Crippen LogP) is 11.4. The lowest BCUT2D eigenvalue weighted by molar-refractivity contribution is -0.122. The Morgan fingerprint density at radius 1 is 0.935 bits per heavy atom. The first-order chi connectivity index (χ1) is 36.8. The fourth-order valence-electron chi connectivity index (χ4n) is 10.5. The number of aromatic nitrogens is 3. The Hall–Kier alpha value is -6.19. The van der Waals surface area contributed by atoms with Crippen LogP contribution in [0.2, 0.25) is 10.0 Å². The third kappa shape index (κ3) is 12.3. The second-order valence-corrected chi connectivity index (χ2v) is 23.0. The van der Waals surface area contributed by atoms with Crippen molar-refractivity contribution in [2.75, 3.05) is 40.1 Å². The van der Waals surface area contributed by atoms with E-state index in [-0.39, 0.29) is 84.7 Å². The lowest BCUT2D eigenvalue weighted by atomic mass is 9.62. The SMILES string of the molecule is COc1cc(C(=O)CCCOCCOCCNC(=O)C[C@@H]2N=C(c3ccc(Cl)cc3)c3c(sc(C)c3C)-n3c(C)nnc32)ccc1CC(=O)[C@H]1N[C@H](CC(C)(C)C)[C@@](C#N)(c2ccc(C)cc2F)[C@@H]1c1cccc(Cl)c1F. The number of Topliss-reactive ketones (excluding diaryl/α,β-unsaturated/α-hetero) is 2. The molecule has 6 aromatic rings. The molecule has 0 spiro atoms. The molecule has 13 nitrogen and oxygen atoms in total. The number of halogens is 4. The third-order valence-corrected chi connectivity index (χ3v) is 16.1. The van der Waals surface area contributed by atoms with Crippen LogP contribution in [0.1, 0.15) is 124 Å². The van der Waals surface area contributed by atoms with E-state index in [1.165, 1.54) is 25.3 Å². The molecule has 2 aliphatic heterocycles. The van der Waals surface area contributed by atoms with E-state index in [9.17, 15) is 19.6 Å². The van der Waals surface area contributed by atoms with Crippen molar-refractivity contribution in [3.05, 3.63) is 162 Å². The molecule has 0 bridgehead atoms. The van der Waals surface area contributed by atoms with Gasteiger partial charge in [0.05, 0.1) is 56.2 Å². The van der Waals surface area contributed by atoms with Crippen molar-refractivity contribution in [2.45, 2.75) is 110 Å². The fourth-order valence-corrected chi connectivity index (χ4v) is 12.1. The molecular weight excluding hydrogens is 1040 g/mol. The Balaban J connectivity index is 0.829. The van der Waals surface area contributed by atoms with Crippen molar-refractivity contribution in [1.29, 1.82) is 5.26 Å². The van der Waals surface area contributed by atoms with Gasteiger partial charge in [-0.2, -0.15) is 5.26 Å². The predicted molar refractivity (Wildman–Crippen MR) is 295 cm³/mol. The Morgan fingerprint density at radius 2 is 1.68 bits per heavy atom. The van der Waals surface area contributed by atoms with Crippen LogP contribution in [-0.2, 0) is 30.9 Å². The van der Waals surface area contributed by atoms with Crippen molar-refractivity contribution in [3.63, 3.8) is 0 Å². The quantitative estimate of drug-likeness (QED) is 0.0522. The summed E-state index contributed by atoms with van der Waals surface area (Å²) < 4.78 is 51.6. The maximum atomic E-state index is 16.2. The van der Waals surface area contributed by atoms with Crippen LogP contribution in [0.4, 0.5) is 8.78 Å². The van der Waals surface area contributed by atoms with E-state index in [4.69, 9.17) is 42.4 Å². The molecule has 1 saturated heterocycles. The number of hydrogen-bond donors (Lipinski definition) is 2. The van der Waals surface area contributed by atoms with Crippen molar-refractivity contribution in [1.82, 2.24) is 25.4 Å². The number of aryl methyl sites for hydroxylation is 3. The summed E-state index contributed by atoms with van der Waals surface area (Å²) in [6, 6.07) is 21.4. The molecule has 2 aliphatic rings. The number of carbonyl (C=O) groups excluding carboxylic acids is 3. The number of ketones is 2. The molecule has 0 radical (unpaired) electrons. The highest BCUT2D eigenvalue weighted by Gasteiger charge is 2.61. The maximum Gasteiger partial charge on any atom is 0.222 e. The van der Waals surface area contributed by atoms with Gasteiger partial charge in [-0.3, -0.25) is 23.9 Å². The number of benzene rings is 4. The molecular formula is C59H63Cl2F2N7O6S. The molecule has 2 aromatic heterocycles. The van der Waals surface area contributed by atoms with Gasteiger partial charge in [0.25, 0.3) is 0 Å². The monoisotopic (exact) mass is 1110 g/mol. The number of thiophene rings is 1. The van der Waals surface area contributed by atoms with Gasteiger partial charge in [0.15, 0.2) is 17.4 Å². The van der Waals surface area contributed by atoms with E-state index in [2.05, 4.69) is 40.7 Å². The van der Waals surface area contributed by atoms with Gasteiger partial charge in [0, 0.05) is 75.7 Å². The number of aliphatic imine (C=N–C) groups is 1. The molecule has 8 rings (SSSR count). The first-order valence-electron chi connectivity index (χ1n) is 25.7. The largest absolute Gasteiger partial charge is 0.496 e. The molecule has 5 atom stereocenters. The van der Waals surface area contributed by atoms with E-state index in [0.29, 0.717) is 58.6 Å². The van der Waals surface area contributed by atoms with Crippen LogP contribution in [0.3, 0.4) is 0 Å². The van der Waals surface area contributed by atoms with Gasteiger partial charge in [-0.25, -0.2) is 8.78 Å². The molecule has 18 heteroatoms. The highest BCUT2D eigenvalue weighted by atomic mass is 35.5. The van der Waals surface area contributed by atoms with Crippen LogP contribution in [0.25, 0.3) is 5.00 Å². The standard InChI is InChI=1S/C59H63Cl2F2N7O6S/c1-33-14-21-42(44(62)27-33)59(32-64)49(31-58(5,6)7)67-55(52(59)41-11-9-12-43(61)53(41)63)47(72)28-39-16-15-38(29-48(39)74-8)46(71)13-10-23-75-25-26-76-24-22-65-50(73)30-45-56-69-68-36(4)70(56)57-51(34(2)35(3)77-57)54(66-45)37-17-19-40(60)20-18-37/h9,11-12,14-21,27,29,45,49,52,55,67H,10,13,22-26,28,30-31H2,1-8H3,(H,65,73)/t45-,49+,52+,55+,59+/m0/s1. The van der Waals surface area contributed by atoms with E-state index in [1.54, 1.807) is 54.7 Å². The number of amides is 1. The third-order valence-electron chi connectivity index (χ3n) is 14.3. The van der Waals surface area contributed by atoms with Crippen LogP contribution in [0.5, 0.6) is 5.75 Å². The van der Waals surface area contributed by atoms with Gasteiger partial charge in [-0.05, 0) is 93.0 Å². The highest BCUT2D eigenvalue weighted by molar-refractivity contribution is 7.15. The summed E-state index contributed by atoms with van der Waals surface area (Å²) in [6.45, 7) is 15.2. The molecule has 404 valence electrons. The first-order valence-corrected chi connectivity index (χ1v) is 27.2. The Labute approximate surface area is 462 Å². The topological polar surface area (TPSA) is 170 Å². The number of rotatable bonds is 21. The van der Waals surface area contributed by atoms with Crippen molar-refractivity contribution >= 4 is 57.7 Å². The van der Waals surface area contributed by atoms with E-state index in [0.717, 1.165) is 32.3 Å². The number of hydrogen-bond acceptors (Lipinski definition) is 12. The van der Waals surface area contributed by atoms with Crippen molar-refractivity contribution in [3.8, 4) is 16.8 Å². The smallest absolute Gasteiger partial charge is 0.222 e. The minimum Gasteiger partial charge on any atom is -0.496 e. The van der Waals surface area contributed by atoms with Crippen LogP contribution >= 0.6 is 34.5 Å². The van der Waals surface area contributed by atoms with Crippen LogP contribution in [0, 0.1) is 56.1 Å². The van der Waals surface area contributed by atoms with Gasteiger partial charge in [0.2, 0.25) is 5.91 Å². The summed E-state index contributed by atoms with van der Waals surface area (Å²) in [5.41, 5.74) is 3.26. The summed E-state index contributed by atoms with van der Waals surface area (Å²) in [4.78, 5) is 47.8. The van der Waals surface area contributed by atoms with Gasteiger partial charge >= 0.3 is 0 Å². The van der Waals surface area contributed by atoms with Gasteiger partial charge in [-0.1, -0.05) is 92.5 Å². The Kier molecular flexibility index (Phi) is 17.9. The number of fused-ring (bicyclic) bond motifs is 3. The van der Waals surface area contributed by atoms with Crippen LogP contribution in [0.15, 0.2) is 83.9 Å². The summed E-state index contributed by atoms with van der Waals surface area (Å²) in [6.07, 6.45) is 0.834. The van der Waals surface area contributed by atoms with Gasteiger partial charge in [0.1, 0.15) is 39.7 Å². The zero-order chi connectivity index (χ0) is 55.3. The number of nitriles is 1. The van der Waals surface area contributed by atoms with E-state index >= 15 is 8.78 Å². The number of nitrogens with zero attached hydrogens (tertiary/aromatic N) is 5. The average Bonchev–Trinajstić information content (AvgIpc) is 4.01. The highest BCUT2D eigenvalue weighted by Crippen LogP contribution is 2.53. The number of carbonyl (C=O) groups is 3. The lowest BCUT2D eigenvalue weighted by Crippen LogP contribution is -2.44. The molecule has 4 heterocycles. The molecule has 1 amide bonds. The summed E-state index contributed by atoms with van der Waals surface area (Å²) in [7, 11) is 1.45. The molecule has 2 N–H and O–H groups in total. The number of methoxy groups -OCH3 is 1. The minimum absolute atomic E-state index is 0.0282. The molecule has 1 fully saturated rings. The second kappa shape index (κ2) is 24.2. The van der Waals surface area contributed by atoms with Crippen molar-refractivity contribution in [2.24, 2.45) is 10.4 Å². The fraction of sp³-hybridized carbons (Fsp3) is 0.407. The molecule has 0 aliphatic carbocycles. The van der Waals surface area contributed by atoms with Gasteiger partial charge < -0.3 is 24.8 Å². The summed E-state index contributed by atoms with van der Waals surface area (Å²) in [5, 5.41) is 27.8. The van der Waals surface area contributed by atoms with E-state index < -0.39 is 41.1 Å². The zero-order valence-corrected chi connectivity index (χ0v) is 46.8. The summed E-state index contributed by atoms with van der Waals surface area (Å²) in [5.74, 6) is -1.71. The Morgan fingerprint density at radius 3 is 2.38 bits per heavy atom. The van der Waals surface area contributed by atoms with Gasteiger partial charge in [-0.15, -0.1) is 21.5 Å². The molecule has 0 saturated carbocycles. The van der Waals surface area contributed by atoms with Crippen LogP contribution < -0.4 is 15.4 Å². The van der Waals surface area contributed by atoms with Crippen LogP contribution in [-0.4, -0.2) is 90.1 Å². The first kappa shape index (κ1) is 57.0. The average molecular weight is 1110 g/mol. The Bertz CT molecular complexity index is 3260. The second-order valence-electron chi connectivity index (χ2n) is 20.9. The minimum atomic E-state index is -1.72. The normalized spacial score (nSPS) is 19.0. The molecule has 4 aromatic carbocycles. The molecule has 0 unspecified atom stereocenters. The number of ether oxygens (including phenoxy) is 3. The zero-order valence-electron chi connectivity index (χ0n) is 44.5. The maximum absolute atomic E-state index is 16.2. The number of nitrogens with one attached hydrogen (secondary N) is 2. The van der Waals surface area contributed by atoms with Crippen molar-refractivity contribution < 1.29 is 37.4 Å². The van der Waals surface area contributed by atoms with E-state index in [1.807, 2.05) is 56.5 Å². The summed E-state index contributed by atoms with van der Waals surface area (Å²) >= 11 is 14.2. The molecule has 77 heavy (non-hydrogen) atoms. The lowest BCUT2D eigenvalue weighted by Gasteiger charge is -2.37.